The second-order valence-corrected chi connectivity index (χ2v) is 11.7. The van der Waals surface area contributed by atoms with Gasteiger partial charge in [-0.15, -0.1) is 11.3 Å². The van der Waals surface area contributed by atoms with Crippen molar-refractivity contribution in [3.05, 3.63) is 70.6 Å². The molecule has 1 unspecified atom stereocenters. The largest absolute Gasteiger partial charge is 0.399 e. The molecule has 1 aromatic heterocycles. The fourth-order valence-corrected chi connectivity index (χ4v) is 6.29. The SMILES string of the molecule is CCC1(c2ccc(N)cc2)CCC(=O)NC1=O.Cc1cc2c(s1)Nc1ccccc1N=C2N1CCN(C)CC1. The van der Waals surface area contributed by atoms with Crippen LogP contribution in [0.2, 0.25) is 0 Å². The van der Waals surface area contributed by atoms with E-state index in [1.54, 1.807) is 23.5 Å². The van der Waals surface area contributed by atoms with E-state index in [0.29, 0.717) is 24.9 Å². The number of amides is 2. The first-order chi connectivity index (χ1) is 18.8. The van der Waals surface area contributed by atoms with Gasteiger partial charge in [-0.2, -0.15) is 0 Å². The Labute approximate surface area is 233 Å². The predicted octanol–water partition coefficient (Wildman–Crippen LogP) is 4.79. The van der Waals surface area contributed by atoms with Gasteiger partial charge in [0, 0.05) is 43.2 Å². The molecular formula is C30H36N6O2S. The van der Waals surface area contributed by atoms with Crippen molar-refractivity contribution in [1.29, 1.82) is 0 Å². The van der Waals surface area contributed by atoms with Gasteiger partial charge in [0.15, 0.2) is 0 Å². The van der Waals surface area contributed by atoms with Crippen molar-refractivity contribution in [2.75, 3.05) is 44.3 Å². The van der Waals surface area contributed by atoms with Crippen LogP contribution in [0.4, 0.5) is 22.1 Å². The van der Waals surface area contributed by atoms with Gasteiger partial charge in [-0.3, -0.25) is 14.9 Å². The number of anilines is 3. The van der Waals surface area contributed by atoms with Gasteiger partial charge in [-0.25, -0.2) is 4.99 Å². The topological polar surface area (TPSA) is 103 Å². The van der Waals surface area contributed by atoms with Gasteiger partial charge in [-0.05, 0) is 62.7 Å². The molecule has 0 aliphatic carbocycles. The third-order valence-corrected chi connectivity index (χ3v) is 8.78. The van der Waals surface area contributed by atoms with Gasteiger partial charge in [0.1, 0.15) is 10.8 Å². The maximum atomic E-state index is 12.1. The lowest BCUT2D eigenvalue weighted by Crippen LogP contribution is -2.51. The number of hydrogen-bond acceptors (Lipinski definition) is 8. The highest BCUT2D eigenvalue weighted by atomic mass is 32.1. The number of benzene rings is 2. The molecular weight excluding hydrogens is 508 g/mol. The third kappa shape index (κ3) is 5.55. The van der Waals surface area contributed by atoms with Crippen molar-refractivity contribution >= 4 is 51.1 Å². The summed E-state index contributed by atoms with van der Waals surface area (Å²) in [6.45, 7) is 8.37. The molecule has 4 N–H and O–H groups in total. The lowest BCUT2D eigenvalue weighted by atomic mass is 9.72. The number of carbonyl (C=O) groups is 2. The van der Waals surface area contributed by atoms with Gasteiger partial charge in [0.2, 0.25) is 11.8 Å². The second-order valence-electron chi connectivity index (χ2n) is 10.4. The summed E-state index contributed by atoms with van der Waals surface area (Å²) in [5, 5.41) is 7.20. The number of likely N-dealkylation sites (N-methyl/N-ethyl adjacent to an activating group) is 1. The van der Waals surface area contributed by atoms with Crippen LogP contribution >= 0.6 is 11.3 Å². The van der Waals surface area contributed by atoms with E-state index in [2.05, 4.69) is 64.7 Å². The third-order valence-electron chi connectivity index (χ3n) is 7.81. The summed E-state index contributed by atoms with van der Waals surface area (Å²) in [7, 11) is 2.18. The molecule has 0 spiro atoms. The van der Waals surface area contributed by atoms with Crippen molar-refractivity contribution in [1.82, 2.24) is 15.1 Å². The van der Waals surface area contributed by atoms with Crippen LogP contribution in [0, 0.1) is 6.92 Å². The molecule has 4 heterocycles. The average molecular weight is 545 g/mol. The van der Waals surface area contributed by atoms with Crippen LogP contribution in [0.25, 0.3) is 0 Å². The Hall–Kier alpha value is -3.69. The van der Waals surface area contributed by atoms with Crippen molar-refractivity contribution in [2.45, 2.75) is 38.5 Å². The first kappa shape index (κ1) is 26.9. The molecule has 1 atom stereocenters. The number of thiophene rings is 1. The number of aryl methyl sites for hydroxylation is 1. The number of nitrogen functional groups attached to an aromatic ring is 1. The lowest BCUT2D eigenvalue weighted by molar-refractivity contribution is -0.138. The van der Waals surface area contributed by atoms with Gasteiger partial charge >= 0.3 is 0 Å². The Morgan fingerprint density at radius 1 is 1.03 bits per heavy atom. The fourth-order valence-electron chi connectivity index (χ4n) is 5.37. The van der Waals surface area contributed by atoms with Gasteiger partial charge < -0.3 is 20.9 Å². The molecule has 3 aliphatic rings. The van der Waals surface area contributed by atoms with E-state index in [1.165, 1.54) is 15.4 Å². The van der Waals surface area contributed by atoms with E-state index in [4.69, 9.17) is 10.7 Å². The normalized spacial score (nSPS) is 20.9. The molecule has 2 saturated heterocycles. The minimum absolute atomic E-state index is 0.186. The number of para-hydroxylation sites is 2. The Morgan fingerprint density at radius 3 is 2.44 bits per heavy atom. The quantitative estimate of drug-likeness (QED) is 0.317. The molecule has 204 valence electrons. The van der Waals surface area contributed by atoms with Crippen molar-refractivity contribution in [3.8, 4) is 0 Å². The van der Waals surface area contributed by atoms with Crippen molar-refractivity contribution in [2.24, 2.45) is 4.99 Å². The van der Waals surface area contributed by atoms with Gasteiger partial charge in [0.25, 0.3) is 0 Å². The van der Waals surface area contributed by atoms with E-state index in [1.807, 2.05) is 19.1 Å². The van der Waals surface area contributed by atoms with Crippen molar-refractivity contribution < 1.29 is 9.59 Å². The number of nitrogens with one attached hydrogen (secondary N) is 2. The first-order valence-electron chi connectivity index (χ1n) is 13.5. The number of fused-ring (bicyclic) bond motifs is 2. The molecule has 0 radical (unpaired) electrons. The van der Waals surface area contributed by atoms with Crippen LogP contribution in [0.3, 0.4) is 0 Å². The summed E-state index contributed by atoms with van der Waals surface area (Å²) in [5.74, 6) is 0.737. The van der Waals surface area contributed by atoms with E-state index < -0.39 is 5.41 Å². The minimum Gasteiger partial charge on any atom is -0.399 e. The first-order valence-corrected chi connectivity index (χ1v) is 14.3. The molecule has 39 heavy (non-hydrogen) atoms. The summed E-state index contributed by atoms with van der Waals surface area (Å²) in [6.07, 6.45) is 1.64. The summed E-state index contributed by atoms with van der Waals surface area (Å²) < 4.78 is 0. The summed E-state index contributed by atoms with van der Waals surface area (Å²) in [4.78, 5) is 34.4. The minimum atomic E-state index is -0.582. The lowest BCUT2D eigenvalue weighted by Gasteiger charge is -2.34. The number of rotatable bonds is 2. The molecule has 0 saturated carbocycles. The van der Waals surface area contributed by atoms with Gasteiger partial charge in [0.05, 0.1) is 22.4 Å². The van der Waals surface area contributed by atoms with Crippen LogP contribution in [-0.2, 0) is 15.0 Å². The van der Waals surface area contributed by atoms with E-state index in [0.717, 1.165) is 49.0 Å². The zero-order valence-corrected chi connectivity index (χ0v) is 23.6. The number of nitrogens with two attached hydrogens (primary N) is 1. The van der Waals surface area contributed by atoms with Crippen molar-refractivity contribution in [3.63, 3.8) is 0 Å². The van der Waals surface area contributed by atoms with Crippen LogP contribution < -0.4 is 16.4 Å². The average Bonchev–Trinajstić information content (AvgIpc) is 3.22. The number of aliphatic imine (C=N–C) groups is 1. The number of imide groups is 1. The molecule has 3 aliphatic heterocycles. The Bertz CT molecular complexity index is 1390. The monoisotopic (exact) mass is 544 g/mol. The zero-order valence-electron chi connectivity index (χ0n) is 22.8. The molecule has 2 fully saturated rings. The Morgan fingerprint density at radius 2 is 1.74 bits per heavy atom. The maximum absolute atomic E-state index is 12.1. The molecule has 9 heteroatoms. The zero-order chi connectivity index (χ0) is 27.6. The predicted molar refractivity (Wildman–Crippen MR) is 159 cm³/mol. The number of piperidine rings is 1. The van der Waals surface area contributed by atoms with E-state index in [9.17, 15) is 9.59 Å². The molecule has 6 rings (SSSR count). The number of amidine groups is 1. The molecule has 0 bridgehead atoms. The van der Waals surface area contributed by atoms with E-state index >= 15 is 0 Å². The number of piperazine rings is 1. The van der Waals surface area contributed by atoms with Crippen LogP contribution in [0.1, 0.15) is 42.2 Å². The number of hydrogen-bond donors (Lipinski definition) is 3. The summed E-state index contributed by atoms with van der Waals surface area (Å²) in [5.41, 5.74) is 10.0. The Kier molecular flexibility index (Phi) is 7.72. The number of carbonyl (C=O) groups excluding carboxylic acids is 2. The highest BCUT2D eigenvalue weighted by Crippen LogP contribution is 2.39. The summed E-state index contributed by atoms with van der Waals surface area (Å²) in [6, 6.07) is 17.9. The molecule has 8 nitrogen and oxygen atoms in total. The van der Waals surface area contributed by atoms with Crippen LogP contribution in [0.15, 0.2) is 59.6 Å². The van der Waals surface area contributed by atoms with Crippen LogP contribution in [-0.4, -0.2) is 60.7 Å². The fraction of sp³-hybridized carbons (Fsp3) is 0.367. The Balaban J connectivity index is 0.000000164. The standard InChI is InChI=1S/C17H20N4S.C13H16N2O2/c1-12-11-13-16(21-9-7-20(2)8-10-21)18-14-5-3-4-6-15(14)19-17(13)22-12;1-2-13(8-7-11(16)15-12(13)17)9-3-5-10(14)6-4-9/h3-6,11,19H,7-10H2,1-2H3;3-6H,2,7-8,14H2,1H3,(H,15,16,17). The highest BCUT2D eigenvalue weighted by Gasteiger charge is 2.42. The maximum Gasteiger partial charge on any atom is 0.237 e. The van der Waals surface area contributed by atoms with Crippen LogP contribution in [0.5, 0.6) is 0 Å². The molecule has 2 amide bonds. The van der Waals surface area contributed by atoms with Gasteiger partial charge in [-0.1, -0.05) is 31.2 Å². The van der Waals surface area contributed by atoms with E-state index in [-0.39, 0.29) is 11.8 Å². The highest BCUT2D eigenvalue weighted by molar-refractivity contribution is 7.16. The molecule has 3 aromatic rings. The summed E-state index contributed by atoms with van der Waals surface area (Å²) >= 11 is 1.81. The number of nitrogens with zero attached hydrogens (tertiary/aromatic N) is 3. The second kappa shape index (κ2) is 11.2. The molecule has 2 aromatic carbocycles. The smallest absolute Gasteiger partial charge is 0.237 e.